The first kappa shape index (κ1) is 17.6. The Morgan fingerprint density at radius 1 is 1.30 bits per heavy atom. The number of rotatable bonds is 5. The molecule has 1 atom stereocenters. The molecule has 2 aromatic carbocycles. The number of nitrogens with zero attached hydrogens (tertiary/aromatic N) is 1. The molecule has 1 N–H and O–H groups in total. The molecule has 0 saturated carbocycles. The van der Waals surface area contributed by atoms with Gasteiger partial charge in [-0.1, -0.05) is 40.2 Å². The van der Waals surface area contributed by atoms with Crippen molar-refractivity contribution in [2.24, 2.45) is 0 Å². The van der Waals surface area contributed by atoms with Crippen LogP contribution in [0.5, 0.6) is 0 Å². The molecule has 2 aromatic rings. The van der Waals surface area contributed by atoms with Gasteiger partial charge >= 0.3 is 0 Å². The molecular weight excluding hydrogens is 383 g/mol. The summed E-state index contributed by atoms with van der Waals surface area (Å²) in [5, 5.41) is 8.70. The van der Waals surface area contributed by atoms with E-state index in [4.69, 9.17) is 5.26 Å². The second kappa shape index (κ2) is 7.21. The number of sulfonamides is 1. The summed E-state index contributed by atoms with van der Waals surface area (Å²) < 4.78 is 41.6. The van der Waals surface area contributed by atoms with E-state index in [1.54, 1.807) is 13.0 Å². The van der Waals surface area contributed by atoms with Gasteiger partial charge in [-0.3, -0.25) is 0 Å². The second-order valence-corrected chi connectivity index (χ2v) is 7.65. The topological polar surface area (TPSA) is 70.0 Å². The molecule has 0 aliphatic rings. The highest BCUT2D eigenvalue weighted by molar-refractivity contribution is 9.10. The molecule has 7 heteroatoms. The third-order valence-corrected chi connectivity index (χ3v) is 5.38. The summed E-state index contributed by atoms with van der Waals surface area (Å²) in [5.74, 6) is -1.19. The van der Waals surface area contributed by atoms with Crippen LogP contribution in [0.1, 0.15) is 29.7 Å². The van der Waals surface area contributed by atoms with Crippen molar-refractivity contribution in [1.82, 2.24) is 4.72 Å². The van der Waals surface area contributed by atoms with Gasteiger partial charge < -0.3 is 0 Å². The zero-order valence-corrected chi connectivity index (χ0v) is 14.7. The average Bonchev–Trinajstić information content (AvgIpc) is 2.49. The van der Waals surface area contributed by atoms with E-state index in [1.165, 1.54) is 12.1 Å². The summed E-state index contributed by atoms with van der Waals surface area (Å²) in [6.07, 6.45) is 0. The van der Waals surface area contributed by atoms with E-state index in [9.17, 15) is 12.8 Å². The Morgan fingerprint density at radius 3 is 2.61 bits per heavy atom. The summed E-state index contributed by atoms with van der Waals surface area (Å²) in [6.45, 7) is 1.72. The van der Waals surface area contributed by atoms with E-state index in [0.29, 0.717) is 0 Å². The van der Waals surface area contributed by atoms with Crippen molar-refractivity contribution in [2.45, 2.75) is 18.7 Å². The number of hydrogen-bond donors (Lipinski definition) is 1. The molecule has 0 spiro atoms. The standard InChI is InChI=1S/C16H14BrFN2O2S/c1-11(14-4-2-3-5-15(14)17)20-23(21,22)10-13-7-6-12(9-19)8-16(13)18/h2-8,11,20H,10H2,1H3/t11-/m1/s1. The fraction of sp³-hybridized carbons (Fsp3) is 0.188. The van der Waals surface area contributed by atoms with E-state index in [2.05, 4.69) is 20.7 Å². The van der Waals surface area contributed by atoms with Crippen molar-refractivity contribution in [1.29, 1.82) is 5.26 Å². The minimum Gasteiger partial charge on any atom is -0.212 e. The van der Waals surface area contributed by atoms with Gasteiger partial charge in [0.15, 0.2) is 0 Å². The van der Waals surface area contributed by atoms with Crippen LogP contribution in [0.25, 0.3) is 0 Å². The summed E-state index contributed by atoms with van der Waals surface area (Å²) in [4.78, 5) is 0. The lowest BCUT2D eigenvalue weighted by molar-refractivity contribution is 0.561. The first-order valence-corrected chi connectivity index (χ1v) is 9.20. The number of halogens is 2. The van der Waals surface area contributed by atoms with Crippen LogP contribution in [-0.4, -0.2) is 8.42 Å². The minimum absolute atomic E-state index is 0.0239. The van der Waals surface area contributed by atoms with Gasteiger partial charge in [-0.15, -0.1) is 0 Å². The average molecular weight is 397 g/mol. The molecule has 120 valence electrons. The Balaban J connectivity index is 2.17. The molecule has 23 heavy (non-hydrogen) atoms. The molecule has 0 heterocycles. The van der Waals surface area contributed by atoms with Crippen LogP contribution < -0.4 is 4.72 Å². The van der Waals surface area contributed by atoms with E-state index in [1.807, 2.05) is 24.3 Å². The van der Waals surface area contributed by atoms with Crippen LogP contribution in [0.15, 0.2) is 46.9 Å². The largest absolute Gasteiger partial charge is 0.216 e. The molecule has 0 aliphatic heterocycles. The quantitative estimate of drug-likeness (QED) is 0.838. The monoisotopic (exact) mass is 396 g/mol. The normalized spacial score (nSPS) is 12.6. The predicted molar refractivity (Wildman–Crippen MR) is 89.4 cm³/mol. The van der Waals surface area contributed by atoms with Gasteiger partial charge in [0, 0.05) is 16.1 Å². The van der Waals surface area contributed by atoms with Crippen molar-refractivity contribution in [2.75, 3.05) is 0 Å². The highest BCUT2D eigenvalue weighted by Crippen LogP contribution is 2.24. The molecule has 0 aliphatic carbocycles. The number of hydrogen-bond acceptors (Lipinski definition) is 3. The van der Waals surface area contributed by atoms with E-state index in [0.717, 1.165) is 16.1 Å². The molecule has 0 aromatic heterocycles. The van der Waals surface area contributed by atoms with E-state index >= 15 is 0 Å². The fourth-order valence-electron chi connectivity index (χ4n) is 2.14. The van der Waals surface area contributed by atoms with E-state index < -0.39 is 27.6 Å². The lowest BCUT2D eigenvalue weighted by atomic mass is 10.1. The molecule has 0 fully saturated rings. The molecule has 0 saturated heterocycles. The number of nitrogens with one attached hydrogen (secondary N) is 1. The zero-order chi connectivity index (χ0) is 17.0. The van der Waals surface area contributed by atoms with E-state index in [-0.39, 0.29) is 11.1 Å². The summed E-state index contributed by atoms with van der Waals surface area (Å²) in [6, 6.07) is 12.4. The number of benzene rings is 2. The third-order valence-electron chi connectivity index (χ3n) is 3.26. The molecule has 0 radical (unpaired) electrons. The van der Waals surface area contributed by atoms with Crippen molar-refractivity contribution in [3.8, 4) is 6.07 Å². The Kier molecular flexibility index (Phi) is 5.52. The molecule has 4 nitrogen and oxygen atoms in total. The molecule has 2 rings (SSSR count). The Labute approximate surface area is 143 Å². The van der Waals surface area contributed by atoms with Gasteiger partial charge in [0.1, 0.15) is 5.82 Å². The van der Waals surface area contributed by atoms with Crippen LogP contribution in [0.3, 0.4) is 0 Å². The third kappa shape index (κ3) is 4.61. The van der Waals surface area contributed by atoms with Gasteiger partial charge in [0.05, 0.1) is 17.4 Å². The maximum absolute atomic E-state index is 13.8. The highest BCUT2D eigenvalue weighted by atomic mass is 79.9. The summed E-state index contributed by atoms with van der Waals surface area (Å²) >= 11 is 3.37. The van der Waals surface area contributed by atoms with Gasteiger partial charge in [0.25, 0.3) is 0 Å². The smallest absolute Gasteiger partial charge is 0.212 e. The van der Waals surface area contributed by atoms with Gasteiger partial charge in [-0.05, 0) is 30.7 Å². The molecule has 0 bridgehead atoms. The Hall–Kier alpha value is -1.75. The first-order valence-electron chi connectivity index (χ1n) is 6.75. The maximum atomic E-state index is 13.8. The van der Waals surface area contributed by atoms with Gasteiger partial charge in [-0.25, -0.2) is 17.5 Å². The minimum atomic E-state index is -3.73. The Bertz CT molecular complexity index is 863. The lowest BCUT2D eigenvalue weighted by Gasteiger charge is -2.16. The lowest BCUT2D eigenvalue weighted by Crippen LogP contribution is -2.28. The fourth-order valence-corrected chi connectivity index (χ4v) is 4.16. The van der Waals surface area contributed by atoms with Crippen LogP contribution in [0, 0.1) is 17.1 Å². The van der Waals surface area contributed by atoms with Crippen molar-refractivity contribution < 1.29 is 12.8 Å². The maximum Gasteiger partial charge on any atom is 0.216 e. The first-order chi connectivity index (χ1) is 10.8. The Morgan fingerprint density at radius 2 is 2.00 bits per heavy atom. The molecule has 0 unspecified atom stereocenters. The zero-order valence-electron chi connectivity index (χ0n) is 12.3. The van der Waals surface area contributed by atoms with Crippen molar-refractivity contribution in [3.05, 3.63) is 69.4 Å². The van der Waals surface area contributed by atoms with Crippen molar-refractivity contribution >= 4 is 26.0 Å². The second-order valence-electron chi connectivity index (χ2n) is 5.04. The van der Waals surface area contributed by atoms with Crippen LogP contribution in [0.2, 0.25) is 0 Å². The highest BCUT2D eigenvalue weighted by Gasteiger charge is 2.19. The van der Waals surface area contributed by atoms with Crippen LogP contribution in [0.4, 0.5) is 4.39 Å². The van der Waals surface area contributed by atoms with Crippen LogP contribution in [-0.2, 0) is 15.8 Å². The summed E-state index contributed by atoms with van der Waals surface area (Å²) in [5.41, 5.74) is 0.963. The van der Waals surface area contributed by atoms with Gasteiger partial charge in [0.2, 0.25) is 10.0 Å². The SMILES string of the molecule is C[C@@H](NS(=O)(=O)Cc1ccc(C#N)cc1F)c1ccccc1Br. The molecular formula is C16H14BrFN2O2S. The predicted octanol–water partition coefficient (Wildman–Crippen LogP) is 3.64. The van der Waals surface area contributed by atoms with Gasteiger partial charge in [-0.2, -0.15) is 5.26 Å². The van der Waals surface area contributed by atoms with Crippen LogP contribution >= 0.6 is 15.9 Å². The van der Waals surface area contributed by atoms with Crippen molar-refractivity contribution in [3.63, 3.8) is 0 Å². The molecule has 0 amide bonds. The number of nitriles is 1. The summed E-state index contributed by atoms with van der Waals surface area (Å²) in [7, 11) is -3.73.